The van der Waals surface area contributed by atoms with Crippen LogP contribution in [-0.2, 0) is 4.74 Å². The van der Waals surface area contributed by atoms with Crippen molar-refractivity contribution in [2.75, 3.05) is 37.3 Å². The standard InChI is InChI=1S/C13H19N5O2/c1-9-6-15-11(16-10(9)14)18-5-3-4-13(8-18)7-17(2)12(19)20-13/h6H,3-5,7-8H2,1-2H3,(H2,14,15,16)/t13-/m0/s1. The molecule has 7 nitrogen and oxygen atoms in total. The second-order valence-electron chi connectivity index (χ2n) is 5.67. The van der Waals surface area contributed by atoms with Gasteiger partial charge in [-0.1, -0.05) is 0 Å². The quantitative estimate of drug-likeness (QED) is 0.817. The highest BCUT2D eigenvalue weighted by Gasteiger charge is 2.46. The molecule has 2 fully saturated rings. The van der Waals surface area contributed by atoms with Gasteiger partial charge in [0, 0.05) is 25.4 Å². The van der Waals surface area contributed by atoms with Crippen LogP contribution in [-0.4, -0.2) is 53.2 Å². The number of carbonyl (C=O) groups is 1. The molecule has 0 radical (unpaired) electrons. The zero-order valence-electron chi connectivity index (χ0n) is 11.8. The van der Waals surface area contributed by atoms with Gasteiger partial charge in [-0.15, -0.1) is 0 Å². The lowest BCUT2D eigenvalue weighted by Crippen LogP contribution is -2.51. The van der Waals surface area contributed by atoms with Gasteiger partial charge < -0.3 is 20.3 Å². The molecule has 0 aliphatic carbocycles. The second kappa shape index (κ2) is 4.50. The van der Waals surface area contributed by atoms with Crippen molar-refractivity contribution in [3.05, 3.63) is 11.8 Å². The summed E-state index contributed by atoms with van der Waals surface area (Å²) in [6.45, 7) is 3.96. The van der Waals surface area contributed by atoms with Crippen molar-refractivity contribution in [1.82, 2.24) is 14.9 Å². The number of amides is 1. The van der Waals surface area contributed by atoms with E-state index in [1.165, 1.54) is 0 Å². The highest BCUT2D eigenvalue weighted by molar-refractivity contribution is 5.70. The molecular weight excluding hydrogens is 258 g/mol. The number of ether oxygens (including phenoxy) is 1. The Labute approximate surface area is 117 Å². The molecule has 1 aromatic rings. The third kappa shape index (κ3) is 2.13. The van der Waals surface area contributed by atoms with Crippen molar-refractivity contribution in [3.63, 3.8) is 0 Å². The number of aryl methyl sites for hydroxylation is 1. The van der Waals surface area contributed by atoms with E-state index >= 15 is 0 Å². The van der Waals surface area contributed by atoms with Gasteiger partial charge in [0.05, 0.1) is 13.1 Å². The van der Waals surface area contributed by atoms with Gasteiger partial charge in [0.1, 0.15) is 11.4 Å². The van der Waals surface area contributed by atoms with Crippen molar-refractivity contribution in [3.8, 4) is 0 Å². The first kappa shape index (κ1) is 13.0. The first-order valence-electron chi connectivity index (χ1n) is 6.77. The normalized spacial score (nSPS) is 26.2. The van der Waals surface area contributed by atoms with Crippen LogP contribution in [0.15, 0.2) is 6.20 Å². The molecule has 108 valence electrons. The number of rotatable bonds is 1. The van der Waals surface area contributed by atoms with Gasteiger partial charge in [-0.05, 0) is 19.8 Å². The molecule has 1 amide bonds. The lowest BCUT2D eigenvalue weighted by atomic mass is 9.93. The summed E-state index contributed by atoms with van der Waals surface area (Å²) in [5.41, 5.74) is 6.28. The molecule has 2 N–H and O–H groups in total. The predicted octanol–water partition coefficient (Wildman–Crippen LogP) is 0.788. The average Bonchev–Trinajstić information content (AvgIpc) is 2.67. The first-order chi connectivity index (χ1) is 9.49. The minimum absolute atomic E-state index is 0.254. The van der Waals surface area contributed by atoms with Crippen molar-refractivity contribution in [2.24, 2.45) is 0 Å². The molecule has 0 saturated carbocycles. The third-order valence-electron chi connectivity index (χ3n) is 3.96. The fraction of sp³-hybridized carbons (Fsp3) is 0.615. The van der Waals surface area contributed by atoms with Crippen LogP contribution in [0.5, 0.6) is 0 Å². The largest absolute Gasteiger partial charge is 0.439 e. The molecule has 7 heteroatoms. The van der Waals surface area contributed by atoms with Crippen LogP contribution in [0.25, 0.3) is 0 Å². The van der Waals surface area contributed by atoms with Crippen LogP contribution in [0.2, 0.25) is 0 Å². The molecule has 0 aromatic carbocycles. The minimum atomic E-state index is -0.437. The first-order valence-corrected chi connectivity index (χ1v) is 6.77. The Morgan fingerprint density at radius 2 is 2.25 bits per heavy atom. The maximum absolute atomic E-state index is 11.6. The van der Waals surface area contributed by atoms with Crippen LogP contribution in [0.4, 0.5) is 16.6 Å². The lowest BCUT2D eigenvalue weighted by Gasteiger charge is -2.38. The van der Waals surface area contributed by atoms with Crippen LogP contribution < -0.4 is 10.6 Å². The van der Waals surface area contributed by atoms with E-state index in [1.807, 2.05) is 11.8 Å². The van der Waals surface area contributed by atoms with E-state index in [0.29, 0.717) is 24.9 Å². The Morgan fingerprint density at radius 1 is 1.45 bits per heavy atom. The summed E-state index contributed by atoms with van der Waals surface area (Å²) in [5, 5.41) is 0. The van der Waals surface area contributed by atoms with Gasteiger partial charge in [0.25, 0.3) is 0 Å². The van der Waals surface area contributed by atoms with Crippen molar-refractivity contribution in [2.45, 2.75) is 25.4 Å². The maximum Gasteiger partial charge on any atom is 0.410 e. The Kier molecular flexibility index (Phi) is 2.92. The van der Waals surface area contributed by atoms with E-state index in [4.69, 9.17) is 10.5 Å². The summed E-state index contributed by atoms with van der Waals surface area (Å²) < 4.78 is 5.57. The van der Waals surface area contributed by atoms with Gasteiger partial charge in [-0.25, -0.2) is 9.78 Å². The molecule has 1 atom stereocenters. The number of likely N-dealkylation sites (N-methyl/N-ethyl adjacent to an activating group) is 1. The number of carbonyl (C=O) groups excluding carboxylic acids is 1. The van der Waals surface area contributed by atoms with E-state index in [-0.39, 0.29) is 6.09 Å². The Bertz CT molecular complexity index is 550. The molecular formula is C13H19N5O2. The van der Waals surface area contributed by atoms with Gasteiger partial charge >= 0.3 is 6.09 Å². The van der Waals surface area contributed by atoms with Gasteiger partial charge in [-0.2, -0.15) is 4.98 Å². The third-order valence-corrected chi connectivity index (χ3v) is 3.96. The van der Waals surface area contributed by atoms with Gasteiger partial charge in [0.2, 0.25) is 5.95 Å². The Morgan fingerprint density at radius 3 is 2.90 bits per heavy atom. The van der Waals surface area contributed by atoms with E-state index in [0.717, 1.165) is 24.9 Å². The van der Waals surface area contributed by atoms with E-state index < -0.39 is 5.60 Å². The highest BCUT2D eigenvalue weighted by Crippen LogP contribution is 2.32. The van der Waals surface area contributed by atoms with Crippen molar-refractivity contribution < 1.29 is 9.53 Å². The smallest absolute Gasteiger partial charge is 0.410 e. The molecule has 1 spiro atoms. The highest BCUT2D eigenvalue weighted by atomic mass is 16.6. The molecule has 0 bridgehead atoms. The van der Waals surface area contributed by atoms with E-state index in [1.54, 1.807) is 18.1 Å². The lowest BCUT2D eigenvalue weighted by molar-refractivity contribution is 0.0443. The molecule has 3 heterocycles. The topological polar surface area (TPSA) is 84.6 Å². The van der Waals surface area contributed by atoms with E-state index in [2.05, 4.69) is 9.97 Å². The maximum atomic E-state index is 11.6. The summed E-state index contributed by atoms with van der Waals surface area (Å²) in [6, 6.07) is 0. The fourth-order valence-corrected chi connectivity index (χ4v) is 2.87. The average molecular weight is 277 g/mol. The molecule has 1 aromatic heterocycles. The van der Waals surface area contributed by atoms with Crippen LogP contribution in [0, 0.1) is 6.92 Å². The number of aromatic nitrogens is 2. The van der Waals surface area contributed by atoms with Crippen LogP contribution in [0.1, 0.15) is 18.4 Å². The number of nitrogens with two attached hydrogens (primary N) is 1. The summed E-state index contributed by atoms with van der Waals surface area (Å²) in [5.74, 6) is 1.10. The summed E-state index contributed by atoms with van der Waals surface area (Å²) >= 11 is 0. The molecule has 2 aliphatic heterocycles. The number of hydrogen-bond acceptors (Lipinski definition) is 6. The van der Waals surface area contributed by atoms with Gasteiger partial charge in [-0.3, -0.25) is 0 Å². The zero-order chi connectivity index (χ0) is 14.3. The molecule has 0 unspecified atom stereocenters. The SMILES string of the molecule is Cc1cnc(N2CCC[C@]3(CN(C)C(=O)O3)C2)nc1N. The summed E-state index contributed by atoms with van der Waals surface area (Å²) in [6.07, 6.45) is 3.29. The number of piperidine rings is 1. The molecule has 3 rings (SSSR count). The summed E-state index contributed by atoms with van der Waals surface area (Å²) in [7, 11) is 1.76. The van der Waals surface area contributed by atoms with Crippen LogP contribution >= 0.6 is 0 Å². The number of anilines is 2. The molecule has 2 saturated heterocycles. The van der Waals surface area contributed by atoms with Crippen molar-refractivity contribution in [1.29, 1.82) is 0 Å². The molecule has 20 heavy (non-hydrogen) atoms. The number of hydrogen-bond donors (Lipinski definition) is 1. The number of nitrogens with zero attached hydrogens (tertiary/aromatic N) is 4. The second-order valence-corrected chi connectivity index (χ2v) is 5.67. The number of nitrogen functional groups attached to an aromatic ring is 1. The Balaban J connectivity index is 1.81. The van der Waals surface area contributed by atoms with Crippen molar-refractivity contribution >= 4 is 17.9 Å². The Hall–Kier alpha value is -2.05. The van der Waals surface area contributed by atoms with Crippen LogP contribution in [0.3, 0.4) is 0 Å². The minimum Gasteiger partial charge on any atom is -0.439 e. The molecule has 2 aliphatic rings. The predicted molar refractivity (Wildman–Crippen MR) is 74.5 cm³/mol. The monoisotopic (exact) mass is 277 g/mol. The van der Waals surface area contributed by atoms with Gasteiger partial charge in [0.15, 0.2) is 0 Å². The fourth-order valence-electron chi connectivity index (χ4n) is 2.87. The summed E-state index contributed by atoms with van der Waals surface area (Å²) in [4.78, 5) is 24.0. The van der Waals surface area contributed by atoms with E-state index in [9.17, 15) is 4.79 Å². The zero-order valence-corrected chi connectivity index (χ0v) is 11.8.